The maximum Gasteiger partial charge on any atom is 0.482 e. The minimum atomic E-state index is 0. The zero-order valence-corrected chi connectivity index (χ0v) is 10.7. The molecule has 0 atom stereocenters. The van der Waals surface area contributed by atoms with Crippen molar-refractivity contribution < 1.29 is 19.5 Å². The van der Waals surface area contributed by atoms with Gasteiger partial charge in [0, 0.05) is 0 Å². The van der Waals surface area contributed by atoms with Crippen molar-refractivity contribution in [2.75, 3.05) is 7.11 Å². The molecule has 99 valence electrons. The Morgan fingerprint density at radius 3 is 2.21 bits per heavy atom. The Kier molecular flexibility index (Phi) is 7.16. The summed E-state index contributed by atoms with van der Waals surface area (Å²) in [4.78, 5) is 0. The molecule has 0 aliphatic carbocycles. The van der Waals surface area contributed by atoms with E-state index in [-0.39, 0.29) is 7.69 Å². The molecule has 1 radical (unpaired) electrons. The van der Waals surface area contributed by atoms with Gasteiger partial charge in [-0.15, -0.1) is 0 Å². The van der Waals surface area contributed by atoms with Gasteiger partial charge >= 0.3 is 7.69 Å². The fourth-order valence-electron chi connectivity index (χ4n) is 1.45. The van der Waals surface area contributed by atoms with Gasteiger partial charge in [-0.3, -0.25) is 0 Å². The van der Waals surface area contributed by atoms with Crippen LogP contribution in [-0.4, -0.2) is 24.8 Å². The van der Waals surface area contributed by atoms with Crippen LogP contribution in [-0.2, 0) is 6.61 Å². The number of hydrogen-bond acceptors (Lipinski definition) is 4. The quantitative estimate of drug-likeness (QED) is 0.821. The number of para-hydroxylation sites is 1. The van der Waals surface area contributed by atoms with Gasteiger partial charge in [0.2, 0.25) is 0 Å². The Morgan fingerprint density at radius 2 is 1.58 bits per heavy atom. The van der Waals surface area contributed by atoms with E-state index >= 15 is 0 Å². The van der Waals surface area contributed by atoms with Crippen LogP contribution in [0, 0.1) is 0 Å². The SMILES string of the molecule is COc1cccc(COc2ccccc2)c1.O[B]O. The van der Waals surface area contributed by atoms with Crippen molar-refractivity contribution in [2.45, 2.75) is 6.61 Å². The summed E-state index contributed by atoms with van der Waals surface area (Å²) in [7, 11) is 1.66. The smallest absolute Gasteiger partial charge is 0.482 e. The Labute approximate surface area is 113 Å². The molecule has 5 heteroatoms. The molecule has 0 spiro atoms. The van der Waals surface area contributed by atoms with Crippen LogP contribution >= 0.6 is 0 Å². The molecule has 0 bridgehead atoms. The normalized spacial score (nSPS) is 9.00. The summed E-state index contributed by atoms with van der Waals surface area (Å²) < 4.78 is 10.8. The lowest BCUT2D eigenvalue weighted by molar-refractivity contribution is 0.305. The van der Waals surface area contributed by atoms with Crippen LogP contribution in [0.1, 0.15) is 5.56 Å². The maximum atomic E-state index is 7.00. The molecule has 19 heavy (non-hydrogen) atoms. The summed E-state index contributed by atoms with van der Waals surface area (Å²) in [5.41, 5.74) is 1.10. The lowest BCUT2D eigenvalue weighted by Crippen LogP contribution is -1.95. The molecule has 0 aliphatic heterocycles. The molecular formula is C14H16BO4. The van der Waals surface area contributed by atoms with Gasteiger partial charge in [-0.1, -0.05) is 30.3 Å². The number of benzene rings is 2. The van der Waals surface area contributed by atoms with E-state index in [1.807, 2.05) is 54.6 Å². The highest BCUT2D eigenvalue weighted by molar-refractivity contribution is 6.13. The van der Waals surface area contributed by atoms with E-state index in [0.29, 0.717) is 6.61 Å². The first kappa shape index (κ1) is 15.1. The van der Waals surface area contributed by atoms with E-state index in [1.165, 1.54) is 0 Å². The van der Waals surface area contributed by atoms with Crippen molar-refractivity contribution in [3.63, 3.8) is 0 Å². The van der Waals surface area contributed by atoms with Gasteiger partial charge in [0.1, 0.15) is 18.1 Å². The fourth-order valence-corrected chi connectivity index (χ4v) is 1.45. The van der Waals surface area contributed by atoms with Crippen molar-refractivity contribution >= 4 is 7.69 Å². The Balaban J connectivity index is 0.000000550. The average Bonchev–Trinajstić information content (AvgIpc) is 2.47. The highest BCUT2D eigenvalue weighted by atomic mass is 16.5. The molecule has 2 N–H and O–H groups in total. The van der Waals surface area contributed by atoms with E-state index in [1.54, 1.807) is 7.11 Å². The summed E-state index contributed by atoms with van der Waals surface area (Å²) >= 11 is 0. The molecule has 2 aromatic rings. The predicted octanol–water partition coefficient (Wildman–Crippen LogP) is 1.78. The zero-order valence-electron chi connectivity index (χ0n) is 10.7. The summed E-state index contributed by atoms with van der Waals surface area (Å²) in [6, 6.07) is 17.7. The molecular weight excluding hydrogens is 243 g/mol. The molecule has 0 unspecified atom stereocenters. The molecule has 0 fully saturated rings. The third kappa shape index (κ3) is 5.95. The van der Waals surface area contributed by atoms with Gasteiger partial charge in [-0.05, 0) is 29.8 Å². The highest BCUT2D eigenvalue weighted by Crippen LogP contribution is 2.15. The minimum Gasteiger partial charge on any atom is -0.497 e. The molecule has 0 aliphatic rings. The Morgan fingerprint density at radius 1 is 0.947 bits per heavy atom. The largest absolute Gasteiger partial charge is 0.497 e. The monoisotopic (exact) mass is 259 g/mol. The Bertz CT molecular complexity index is 462. The van der Waals surface area contributed by atoms with Crippen LogP contribution in [0.2, 0.25) is 0 Å². The molecule has 0 heterocycles. The van der Waals surface area contributed by atoms with Gasteiger partial charge in [-0.25, -0.2) is 0 Å². The van der Waals surface area contributed by atoms with Crippen molar-refractivity contribution in [3.05, 3.63) is 60.2 Å². The second-order valence-corrected chi connectivity index (χ2v) is 3.57. The van der Waals surface area contributed by atoms with Gasteiger partial charge in [0.05, 0.1) is 7.11 Å². The van der Waals surface area contributed by atoms with E-state index in [0.717, 1.165) is 17.1 Å². The summed E-state index contributed by atoms with van der Waals surface area (Å²) in [6.07, 6.45) is 0. The molecule has 4 nitrogen and oxygen atoms in total. The van der Waals surface area contributed by atoms with Crippen molar-refractivity contribution in [3.8, 4) is 11.5 Å². The first-order valence-electron chi connectivity index (χ1n) is 5.71. The van der Waals surface area contributed by atoms with Gasteiger partial charge in [0.15, 0.2) is 0 Å². The first-order chi connectivity index (χ1) is 9.30. The van der Waals surface area contributed by atoms with Crippen LogP contribution in [0.15, 0.2) is 54.6 Å². The molecule has 2 aromatic carbocycles. The van der Waals surface area contributed by atoms with Gasteiger partial charge in [-0.2, -0.15) is 0 Å². The fraction of sp³-hybridized carbons (Fsp3) is 0.143. The first-order valence-corrected chi connectivity index (χ1v) is 5.71. The molecule has 0 aromatic heterocycles. The van der Waals surface area contributed by atoms with E-state index in [2.05, 4.69) is 0 Å². The zero-order chi connectivity index (χ0) is 13.9. The van der Waals surface area contributed by atoms with Crippen molar-refractivity contribution in [1.82, 2.24) is 0 Å². The third-order valence-corrected chi connectivity index (χ3v) is 2.28. The van der Waals surface area contributed by atoms with Crippen LogP contribution in [0.25, 0.3) is 0 Å². The van der Waals surface area contributed by atoms with Crippen molar-refractivity contribution in [1.29, 1.82) is 0 Å². The lowest BCUT2D eigenvalue weighted by atomic mass is 10.2. The van der Waals surface area contributed by atoms with E-state index in [4.69, 9.17) is 19.5 Å². The number of hydrogen-bond donors (Lipinski definition) is 2. The second kappa shape index (κ2) is 9.02. The number of ether oxygens (including phenoxy) is 2. The van der Waals surface area contributed by atoms with E-state index < -0.39 is 0 Å². The van der Waals surface area contributed by atoms with Crippen LogP contribution in [0.3, 0.4) is 0 Å². The Hall–Kier alpha value is -1.98. The lowest BCUT2D eigenvalue weighted by Gasteiger charge is -2.07. The summed E-state index contributed by atoms with van der Waals surface area (Å²) in [6.45, 7) is 0.557. The van der Waals surface area contributed by atoms with Crippen LogP contribution < -0.4 is 9.47 Å². The topological polar surface area (TPSA) is 58.9 Å². The maximum absolute atomic E-state index is 7.00. The standard InChI is InChI=1S/C14H14O2.BH2O2/c1-15-14-9-5-6-12(10-14)11-16-13-7-3-2-4-8-13;2-1-3/h2-10H,11H2,1H3;2-3H. The minimum absolute atomic E-state index is 0. The summed E-state index contributed by atoms with van der Waals surface area (Å²) in [5.74, 6) is 1.74. The number of rotatable bonds is 4. The molecule has 0 saturated heterocycles. The van der Waals surface area contributed by atoms with Crippen LogP contribution in [0.5, 0.6) is 11.5 Å². The summed E-state index contributed by atoms with van der Waals surface area (Å²) in [5, 5.41) is 14.0. The second-order valence-electron chi connectivity index (χ2n) is 3.57. The predicted molar refractivity (Wildman–Crippen MR) is 74.0 cm³/mol. The van der Waals surface area contributed by atoms with E-state index in [9.17, 15) is 0 Å². The van der Waals surface area contributed by atoms with Crippen molar-refractivity contribution in [2.24, 2.45) is 0 Å². The molecule has 2 rings (SSSR count). The van der Waals surface area contributed by atoms with Gasteiger partial charge in [0.25, 0.3) is 0 Å². The number of methoxy groups -OCH3 is 1. The highest BCUT2D eigenvalue weighted by Gasteiger charge is 1.97. The molecule has 0 amide bonds. The van der Waals surface area contributed by atoms with Crippen LogP contribution in [0.4, 0.5) is 0 Å². The average molecular weight is 259 g/mol. The molecule has 0 saturated carbocycles. The van der Waals surface area contributed by atoms with Gasteiger partial charge < -0.3 is 19.5 Å². The third-order valence-electron chi connectivity index (χ3n) is 2.28.